The van der Waals surface area contributed by atoms with E-state index < -0.39 is 78.5 Å². The van der Waals surface area contributed by atoms with Gasteiger partial charge >= 0.3 is 23.9 Å². The zero-order chi connectivity index (χ0) is 75.8. The van der Waals surface area contributed by atoms with Crippen molar-refractivity contribution in [2.75, 3.05) is 24.5 Å². The highest BCUT2D eigenvalue weighted by molar-refractivity contribution is 8.26. The molecule has 0 bridgehead atoms. The summed E-state index contributed by atoms with van der Waals surface area (Å²) in [5.41, 5.74) is 3.16. The predicted octanol–water partition coefficient (Wildman–Crippen LogP) is 18.3. The Balaban J connectivity index is 0.000000446. The van der Waals surface area contributed by atoms with E-state index in [1.165, 1.54) is 103 Å². The van der Waals surface area contributed by atoms with Crippen LogP contribution < -0.4 is 19.1 Å². The molecule has 3 atom stereocenters. The van der Waals surface area contributed by atoms with Crippen LogP contribution in [0.4, 0.5) is 32.0 Å². The molecule has 1 aliphatic heterocycles. The Bertz CT molecular complexity index is 3990. The van der Waals surface area contributed by atoms with Crippen molar-refractivity contribution >= 4 is 124 Å². The molecule has 8 aromatic carbocycles. The van der Waals surface area contributed by atoms with Crippen molar-refractivity contribution < 1.29 is 98.4 Å². The van der Waals surface area contributed by atoms with Gasteiger partial charge in [0.1, 0.15) is 28.7 Å². The minimum Gasteiger partial charge on any atom is -0.508 e. The first kappa shape index (κ1) is 89.9. The Morgan fingerprint density at radius 2 is 0.808 bits per heavy atom. The van der Waals surface area contributed by atoms with Gasteiger partial charge in [-0.25, -0.2) is 49.7 Å². The topological polar surface area (TPSA) is 248 Å². The molecule has 3 N–H and O–H groups in total. The quantitative estimate of drug-likeness (QED) is 0.0170. The van der Waals surface area contributed by atoms with Crippen LogP contribution in [-0.2, 0) is 33.2 Å². The van der Waals surface area contributed by atoms with Gasteiger partial charge in [0.05, 0.1) is 28.3 Å². The Morgan fingerprint density at radius 3 is 1.09 bits per heavy atom. The van der Waals surface area contributed by atoms with Gasteiger partial charge in [-0.1, -0.05) is 110 Å². The number of carboxylic acids is 1. The average Bonchev–Trinajstić information content (AvgIpc) is 1.63. The number of imide groups is 1. The van der Waals surface area contributed by atoms with Gasteiger partial charge in [0, 0.05) is 33.4 Å². The van der Waals surface area contributed by atoms with E-state index >= 15 is 0 Å². The van der Waals surface area contributed by atoms with Crippen LogP contribution in [-0.4, -0.2) is 90.2 Å². The number of carboxylic acid groups (broad SMARTS) is 1. The molecule has 17 nitrogen and oxygen atoms in total. The summed E-state index contributed by atoms with van der Waals surface area (Å²) in [5, 5.41) is 26.1. The van der Waals surface area contributed by atoms with Crippen molar-refractivity contribution in [1.82, 2.24) is 4.90 Å². The molecule has 1 fully saturated rings. The number of hydrogen-bond donors (Lipinski definition) is 3. The second kappa shape index (κ2) is 45.7. The maximum absolute atomic E-state index is 13.1. The number of anilines is 1. The molecule has 3 unspecified atom stereocenters. The van der Waals surface area contributed by atoms with Gasteiger partial charge in [-0.15, -0.1) is 0 Å². The molecule has 0 spiro atoms. The Morgan fingerprint density at radius 1 is 0.500 bits per heavy atom. The summed E-state index contributed by atoms with van der Waals surface area (Å²) in [5.74, 6) is -10.2. The number of esters is 3. The van der Waals surface area contributed by atoms with Crippen LogP contribution >= 0.6 is 44.6 Å². The van der Waals surface area contributed by atoms with Gasteiger partial charge in [-0.05, 0) is 223 Å². The highest BCUT2D eigenvalue weighted by atomic mass is 36.0. The number of rotatable bonds is 19. The standard InChI is InChI=1S/C20H21NO4.2C16H9ClF2O3.C16H10F2O4.C6H15N.2CH4.Cl2OS/c1-12(14-3-7-16(22)8-4-14)11-18-13(2)19(24)21(20(18)25)15-5-9-17(23)10-6-15;2*17-15(20)8-3-10-1-5-12(6-2-10)22-16(21)11-4-7-13(18)14(19)9-11;17-13-7-4-11(9-14(13)18)16(21)22-12-5-1-10(2-6-12)3-8-15(19)20;1-4-7(5-2)6-3;;;1-4(2)3/h3-10,12-13,18,22-23H,11H2,1-2H3;2*1-9H;1-9H,(H,19,20);4-6H2,1-3H3;2*1H4;/b;3*8-3+;;;;. The molecular formula is C76H72Cl4F6N2O15S. The molecule has 1 saturated heterocycles. The van der Waals surface area contributed by atoms with Gasteiger partial charge in [0.2, 0.25) is 31.5 Å². The summed E-state index contributed by atoms with van der Waals surface area (Å²) >= 11 is 10.3. The number of phenols is 2. The first-order valence-electron chi connectivity index (χ1n) is 30.2. The molecule has 104 heavy (non-hydrogen) atoms. The number of amides is 2. The summed E-state index contributed by atoms with van der Waals surface area (Å²) in [6.45, 7) is 13.9. The van der Waals surface area contributed by atoms with E-state index in [0.717, 1.165) is 66.2 Å². The van der Waals surface area contributed by atoms with Crippen molar-refractivity contribution in [3.05, 3.63) is 268 Å². The number of carbonyl (C=O) groups excluding carboxylic acids is 7. The highest BCUT2D eigenvalue weighted by Gasteiger charge is 2.46. The molecule has 0 aromatic heterocycles. The zero-order valence-corrected chi connectivity index (χ0v) is 58.4. The summed E-state index contributed by atoms with van der Waals surface area (Å²) in [7, 11) is 7.36. The number of hydrogen-bond acceptors (Lipinski definition) is 15. The number of aliphatic carboxylic acids is 1. The smallest absolute Gasteiger partial charge is 0.343 e. The van der Waals surface area contributed by atoms with Crippen molar-refractivity contribution in [3.63, 3.8) is 0 Å². The molecule has 0 radical (unpaired) electrons. The first-order valence-corrected chi connectivity index (χ1v) is 33.8. The number of phenolic OH excluding ortho intramolecular Hbond substituents is 2. The van der Waals surface area contributed by atoms with E-state index in [1.807, 2.05) is 19.1 Å². The summed E-state index contributed by atoms with van der Waals surface area (Å²) in [4.78, 5) is 95.9. The van der Waals surface area contributed by atoms with Crippen LogP contribution in [0.3, 0.4) is 0 Å². The molecule has 1 heterocycles. The second-order valence-electron chi connectivity index (χ2n) is 21.2. The number of allylic oxidation sites excluding steroid dienone is 2. The molecule has 9 rings (SSSR count). The largest absolute Gasteiger partial charge is 0.508 e. The number of carbonyl (C=O) groups is 8. The van der Waals surface area contributed by atoms with Crippen molar-refractivity contribution in [2.45, 2.75) is 61.8 Å². The van der Waals surface area contributed by atoms with Crippen LogP contribution in [0.2, 0.25) is 0 Å². The first-order chi connectivity index (χ1) is 48.3. The fourth-order valence-corrected chi connectivity index (χ4v) is 8.94. The third-order valence-electron chi connectivity index (χ3n) is 14.2. The molecule has 28 heteroatoms. The monoisotopic (exact) mass is 1540 g/mol. The van der Waals surface area contributed by atoms with E-state index in [1.54, 1.807) is 67.6 Å². The number of benzene rings is 8. The molecule has 0 aliphatic carbocycles. The maximum atomic E-state index is 13.1. The molecule has 8 aromatic rings. The van der Waals surface area contributed by atoms with Crippen LogP contribution in [0.25, 0.3) is 18.2 Å². The average molecular weight is 1540 g/mol. The Hall–Kier alpha value is -10.2. The van der Waals surface area contributed by atoms with E-state index in [2.05, 4.69) is 47.0 Å². The van der Waals surface area contributed by atoms with E-state index in [0.29, 0.717) is 28.8 Å². The summed E-state index contributed by atoms with van der Waals surface area (Å²) in [6.07, 6.45) is 8.27. The minimum absolute atomic E-state index is 0. The lowest BCUT2D eigenvalue weighted by Crippen LogP contribution is -2.30. The van der Waals surface area contributed by atoms with E-state index in [4.69, 9.17) is 46.7 Å². The molecule has 2 amide bonds. The molecule has 552 valence electrons. The molecule has 1 aliphatic rings. The normalized spacial score (nSPS) is 13.0. The predicted molar refractivity (Wildman–Crippen MR) is 391 cm³/mol. The fraction of sp³-hybridized carbons (Fsp3) is 0.184. The Kier molecular flexibility index (Phi) is 39.5. The second-order valence-corrected chi connectivity index (χ2v) is 24.4. The van der Waals surface area contributed by atoms with Crippen LogP contribution in [0.1, 0.15) is 115 Å². The SMILES string of the molecule is C.C.CC(CC1C(=O)N(c2ccc(O)cc2)C(=O)C1C)c1ccc(O)cc1.CCN(CC)CC.O=C(Cl)/C=C/c1ccc(OC(=O)c2ccc(F)c(F)c2)cc1.O=C(Cl)/C=C/c1ccc(OC(=O)c2ccc(F)c(F)c2)cc1.O=C(O)/C=C/c1ccc(OC(=O)c2ccc(F)c(F)c2)cc1.O=S(Cl)Cl. The minimum atomic E-state index is -1.67. The van der Waals surface area contributed by atoms with Crippen molar-refractivity contribution in [3.8, 4) is 28.7 Å². The van der Waals surface area contributed by atoms with Crippen LogP contribution in [0.5, 0.6) is 28.7 Å². The van der Waals surface area contributed by atoms with Gasteiger partial charge < -0.3 is 34.4 Å². The van der Waals surface area contributed by atoms with Gasteiger partial charge in [0.15, 0.2) is 34.9 Å². The Labute approximate surface area is 618 Å². The number of ether oxygens (including phenoxy) is 3. The van der Waals surface area contributed by atoms with Crippen LogP contribution in [0.15, 0.2) is 194 Å². The van der Waals surface area contributed by atoms with E-state index in [-0.39, 0.29) is 89.9 Å². The molecular weight excluding hydrogens is 1470 g/mol. The fourth-order valence-electron chi connectivity index (χ4n) is 8.81. The molecule has 0 saturated carbocycles. The number of nitrogens with zero attached hydrogens (tertiary/aromatic N) is 2. The summed E-state index contributed by atoms with van der Waals surface area (Å²) in [6, 6.07) is 39.6. The van der Waals surface area contributed by atoms with Gasteiger partial charge in [-0.3, -0.25) is 24.1 Å². The van der Waals surface area contributed by atoms with Crippen molar-refractivity contribution in [2.24, 2.45) is 11.8 Å². The number of halogens is 10. The maximum Gasteiger partial charge on any atom is 0.343 e. The zero-order valence-electron chi connectivity index (χ0n) is 54.6. The van der Waals surface area contributed by atoms with Gasteiger partial charge in [-0.2, -0.15) is 0 Å². The lowest BCUT2D eigenvalue weighted by Gasteiger charge is -2.18. The number of aromatic hydroxyl groups is 2. The lowest BCUT2D eigenvalue weighted by molar-refractivity contribution is -0.131. The van der Waals surface area contributed by atoms with E-state index in [9.17, 15) is 74.9 Å². The highest BCUT2D eigenvalue weighted by Crippen LogP contribution is 2.38. The van der Waals surface area contributed by atoms with Gasteiger partial charge in [0.25, 0.3) is 0 Å². The third-order valence-corrected chi connectivity index (χ3v) is 14.5. The lowest BCUT2D eigenvalue weighted by atomic mass is 9.85. The summed E-state index contributed by atoms with van der Waals surface area (Å²) < 4.78 is 102. The van der Waals surface area contributed by atoms with Crippen LogP contribution in [0, 0.1) is 46.7 Å². The van der Waals surface area contributed by atoms with Crippen molar-refractivity contribution in [1.29, 1.82) is 0 Å². The third kappa shape index (κ3) is 31.2.